The summed E-state index contributed by atoms with van der Waals surface area (Å²) in [7, 11) is 0. The SMILES string of the molecule is CCOC(=O)C1=C(O)/C(=C\c2ccc(Sc3ccccc3)o2)SC1=Nc1ccc(CC)cc1. The third kappa shape index (κ3) is 5.61. The van der Waals surface area contributed by atoms with Crippen LogP contribution in [0.4, 0.5) is 5.69 Å². The van der Waals surface area contributed by atoms with Gasteiger partial charge in [-0.1, -0.05) is 60.8 Å². The van der Waals surface area contributed by atoms with Crippen molar-refractivity contribution in [3.8, 4) is 0 Å². The van der Waals surface area contributed by atoms with Gasteiger partial charge in [0.2, 0.25) is 0 Å². The van der Waals surface area contributed by atoms with Crippen LogP contribution >= 0.6 is 23.5 Å². The van der Waals surface area contributed by atoms with Gasteiger partial charge in [-0.25, -0.2) is 9.79 Å². The molecule has 33 heavy (non-hydrogen) atoms. The maximum Gasteiger partial charge on any atom is 0.344 e. The first-order chi connectivity index (χ1) is 16.1. The Morgan fingerprint density at radius 2 is 1.85 bits per heavy atom. The number of hydrogen-bond donors (Lipinski definition) is 1. The first kappa shape index (κ1) is 23.0. The van der Waals surface area contributed by atoms with E-state index in [4.69, 9.17) is 9.15 Å². The Morgan fingerprint density at radius 1 is 1.09 bits per heavy atom. The molecular weight excluding hydrogens is 454 g/mol. The molecule has 0 saturated carbocycles. The van der Waals surface area contributed by atoms with E-state index in [2.05, 4.69) is 11.9 Å². The lowest BCUT2D eigenvalue weighted by Gasteiger charge is -2.04. The number of ether oxygens (including phenoxy) is 1. The number of thioether (sulfide) groups is 1. The summed E-state index contributed by atoms with van der Waals surface area (Å²) in [6, 6.07) is 21.4. The Labute approximate surface area is 201 Å². The van der Waals surface area contributed by atoms with E-state index in [1.54, 1.807) is 13.0 Å². The molecule has 0 saturated heterocycles. The first-order valence-corrected chi connectivity index (χ1v) is 12.2. The minimum atomic E-state index is -0.602. The van der Waals surface area contributed by atoms with Crippen molar-refractivity contribution >= 4 is 46.3 Å². The molecule has 1 aliphatic rings. The van der Waals surface area contributed by atoms with Crippen LogP contribution in [-0.2, 0) is 16.0 Å². The zero-order valence-corrected chi connectivity index (χ0v) is 19.9. The fourth-order valence-electron chi connectivity index (χ4n) is 3.12. The van der Waals surface area contributed by atoms with Crippen molar-refractivity contribution in [2.75, 3.05) is 6.61 Å². The molecule has 0 fully saturated rings. The van der Waals surface area contributed by atoms with E-state index in [0.29, 0.717) is 21.4 Å². The van der Waals surface area contributed by atoms with Crippen LogP contribution in [0.5, 0.6) is 0 Å². The number of esters is 1. The molecule has 0 radical (unpaired) electrons. The van der Waals surface area contributed by atoms with Gasteiger partial charge in [-0.05, 0) is 61.4 Å². The van der Waals surface area contributed by atoms with Gasteiger partial charge in [0.15, 0.2) is 5.09 Å². The van der Waals surface area contributed by atoms with E-state index in [9.17, 15) is 9.90 Å². The van der Waals surface area contributed by atoms with Crippen LogP contribution in [0.15, 0.2) is 102 Å². The first-order valence-electron chi connectivity index (χ1n) is 10.6. The van der Waals surface area contributed by atoms with E-state index in [1.165, 1.54) is 29.1 Å². The summed E-state index contributed by atoms with van der Waals surface area (Å²) in [6.45, 7) is 4.02. The number of aliphatic imine (C=N–C) groups is 1. The Balaban J connectivity index is 1.62. The van der Waals surface area contributed by atoms with Crippen LogP contribution < -0.4 is 0 Å². The van der Waals surface area contributed by atoms with Gasteiger partial charge in [0.25, 0.3) is 0 Å². The molecule has 0 spiro atoms. The monoisotopic (exact) mass is 477 g/mol. The van der Waals surface area contributed by atoms with Gasteiger partial charge >= 0.3 is 5.97 Å². The zero-order valence-electron chi connectivity index (χ0n) is 18.3. The van der Waals surface area contributed by atoms with Crippen LogP contribution in [0.1, 0.15) is 25.2 Å². The van der Waals surface area contributed by atoms with Gasteiger partial charge in [-0.2, -0.15) is 0 Å². The summed E-state index contributed by atoms with van der Waals surface area (Å²) in [6.07, 6.45) is 2.64. The molecule has 0 aliphatic carbocycles. The molecule has 168 valence electrons. The maximum absolute atomic E-state index is 12.6. The Morgan fingerprint density at radius 3 is 2.55 bits per heavy atom. The molecule has 0 unspecified atom stereocenters. The maximum atomic E-state index is 12.6. The smallest absolute Gasteiger partial charge is 0.344 e. The molecule has 0 bridgehead atoms. The summed E-state index contributed by atoms with van der Waals surface area (Å²) in [5.74, 6) is -0.190. The van der Waals surface area contributed by atoms with Crippen LogP contribution in [-0.4, -0.2) is 22.7 Å². The number of aliphatic hydroxyl groups is 1. The number of aryl methyl sites for hydroxylation is 1. The average molecular weight is 478 g/mol. The molecule has 7 heteroatoms. The largest absolute Gasteiger partial charge is 0.506 e. The Kier molecular flexibility index (Phi) is 7.42. The lowest BCUT2D eigenvalue weighted by Crippen LogP contribution is -2.12. The van der Waals surface area contributed by atoms with Gasteiger partial charge in [-0.3, -0.25) is 0 Å². The number of carbonyl (C=O) groups excluding carboxylic acids is 1. The van der Waals surface area contributed by atoms with Gasteiger partial charge in [0.05, 0.1) is 17.2 Å². The topological polar surface area (TPSA) is 72.0 Å². The minimum absolute atomic E-state index is 0.0677. The van der Waals surface area contributed by atoms with Gasteiger partial charge in [-0.15, -0.1) is 0 Å². The Bertz CT molecular complexity index is 1220. The van der Waals surface area contributed by atoms with E-state index in [-0.39, 0.29) is 17.9 Å². The summed E-state index contributed by atoms with van der Waals surface area (Å²) in [5, 5.41) is 12.0. The van der Waals surface area contributed by atoms with Crippen molar-refractivity contribution in [1.82, 2.24) is 0 Å². The molecule has 1 aliphatic heterocycles. The highest BCUT2D eigenvalue weighted by Gasteiger charge is 2.33. The van der Waals surface area contributed by atoms with Crippen molar-refractivity contribution in [3.05, 3.63) is 94.3 Å². The predicted molar refractivity (Wildman–Crippen MR) is 134 cm³/mol. The van der Waals surface area contributed by atoms with E-state index < -0.39 is 5.97 Å². The molecule has 0 amide bonds. The van der Waals surface area contributed by atoms with Gasteiger partial charge in [0, 0.05) is 4.90 Å². The van der Waals surface area contributed by atoms with Crippen LogP contribution in [0.25, 0.3) is 6.08 Å². The highest BCUT2D eigenvalue weighted by molar-refractivity contribution is 8.18. The number of hydrogen-bond acceptors (Lipinski definition) is 7. The summed E-state index contributed by atoms with van der Waals surface area (Å²) < 4.78 is 11.1. The highest BCUT2D eigenvalue weighted by atomic mass is 32.2. The Hall–Kier alpha value is -3.16. The van der Waals surface area contributed by atoms with Crippen molar-refractivity contribution < 1.29 is 19.1 Å². The second-order valence-corrected chi connectivity index (χ2v) is 9.17. The summed E-state index contributed by atoms with van der Waals surface area (Å²) >= 11 is 2.72. The highest BCUT2D eigenvalue weighted by Crippen LogP contribution is 2.41. The summed E-state index contributed by atoms with van der Waals surface area (Å²) in [4.78, 5) is 18.7. The van der Waals surface area contributed by atoms with E-state index in [0.717, 1.165) is 16.4 Å². The second kappa shape index (κ2) is 10.6. The van der Waals surface area contributed by atoms with Gasteiger partial charge in [0.1, 0.15) is 22.1 Å². The lowest BCUT2D eigenvalue weighted by molar-refractivity contribution is -0.138. The molecule has 5 nitrogen and oxygen atoms in total. The standard InChI is InChI=1S/C26H23NO4S2/c1-3-17-10-12-18(13-11-17)27-25-23(26(29)30-4-2)24(28)21(33-25)16-19-14-15-22(31-19)32-20-8-6-5-7-9-20/h5-16,28H,3-4H2,1-2H3/b21-16+,27-25?. The molecule has 1 aromatic heterocycles. The van der Waals surface area contributed by atoms with E-state index >= 15 is 0 Å². The van der Waals surface area contributed by atoms with E-state index in [1.807, 2.05) is 66.7 Å². The number of carbonyl (C=O) groups is 1. The molecule has 2 heterocycles. The van der Waals surface area contributed by atoms with Crippen molar-refractivity contribution in [3.63, 3.8) is 0 Å². The van der Waals surface area contributed by atoms with Crippen LogP contribution in [0.3, 0.4) is 0 Å². The fourth-order valence-corrected chi connectivity index (χ4v) is 4.93. The van der Waals surface area contributed by atoms with Crippen LogP contribution in [0.2, 0.25) is 0 Å². The minimum Gasteiger partial charge on any atom is -0.506 e. The third-order valence-corrected chi connectivity index (χ3v) is 6.73. The average Bonchev–Trinajstić information content (AvgIpc) is 3.39. The number of aliphatic hydroxyl groups excluding tert-OH is 1. The molecule has 1 N–H and O–H groups in total. The van der Waals surface area contributed by atoms with Crippen molar-refractivity contribution in [1.29, 1.82) is 0 Å². The van der Waals surface area contributed by atoms with Crippen molar-refractivity contribution in [2.45, 2.75) is 30.3 Å². The second-order valence-electron chi connectivity index (χ2n) is 7.06. The fraction of sp³-hybridized carbons (Fsp3) is 0.154. The number of benzene rings is 2. The molecular formula is C26H23NO4S2. The molecule has 3 aromatic rings. The molecule has 0 atom stereocenters. The molecule has 4 rings (SSSR count). The zero-order chi connectivity index (χ0) is 23.2. The molecule has 2 aromatic carbocycles. The number of nitrogens with zero attached hydrogens (tertiary/aromatic N) is 1. The van der Waals surface area contributed by atoms with Crippen molar-refractivity contribution in [2.24, 2.45) is 4.99 Å². The van der Waals surface area contributed by atoms with Crippen LogP contribution in [0, 0.1) is 0 Å². The predicted octanol–water partition coefficient (Wildman–Crippen LogP) is 7.19. The number of rotatable bonds is 7. The number of furan rings is 1. The lowest BCUT2D eigenvalue weighted by atomic mass is 10.1. The quantitative estimate of drug-likeness (QED) is 0.363. The normalized spacial score (nSPS) is 16.1. The third-order valence-electron chi connectivity index (χ3n) is 4.78. The summed E-state index contributed by atoms with van der Waals surface area (Å²) in [5.41, 5.74) is 1.97. The van der Waals surface area contributed by atoms with Gasteiger partial charge < -0.3 is 14.3 Å².